The highest BCUT2D eigenvalue weighted by Crippen LogP contribution is 2.26. The lowest BCUT2D eigenvalue weighted by atomic mass is 10.2. The molecule has 0 saturated heterocycles. The molecule has 6 heteroatoms. The smallest absolute Gasteiger partial charge is 0.291 e. The molecule has 1 aliphatic heterocycles. The molecule has 0 bridgehead atoms. The first-order valence-electron chi connectivity index (χ1n) is 2.91. The van der Waals surface area contributed by atoms with Crippen molar-refractivity contribution in [1.82, 2.24) is 0 Å². The second-order valence-electron chi connectivity index (χ2n) is 2.11. The minimum atomic E-state index is -4.53. The number of ketones is 1. The number of carbonyl (C=O) groups is 1. The first kappa shape index (κ1) is 9.25. The number of nitrogens with zero attached hydrogens (tertiary/aromatic N) is 1. The van der Waals surface area contributed by atoms with Gasteiger partial charge in [-0.15, -0.1) is 0 Å². The molecule has 12 heavy (non-hydrogen) atoms. The number of rotatable bonds is 0. The lowest BCUT2D eigenvalue weighted by molar-refractivity contribution is -0.115. The van der Waals surface area contributed by atoms with E-state index in [0.29, 0.717) is 12.3 Å². The van der Waals surface area contributed by atoms with Crippen LogP contribution in [0.25, 0.3) is 0 Å². The van der Waals surface area contributed by atoms with Crippen molar-refractivity contribution in [2.24, 2.45) is 4.99 Å². The van der Waals surface area contributed by atoms with Crippen LogP contribution in [0.15, 0.2) is 16.6 Å². The minimum Gasteiger partial charge on any atom is -0.291 e. The third kappa shape index (κ3) is 1.85. The Bertz CT molecular complexity index is 268. The summed E-state index contributed by atoms with van der Waals surface area (Å²) in [6.45, 7) is 0. The number of hydrogen-bond donors (Lipinski definition) is 0. The van der Waals surface area contributed by atoms with Crippen molar-refractivity contribution in [3.05, 3.63) is 11.6 Å². The number of carbonyl (C=O) groups excluding carboxylic acids is 1. The lowest BCUT2D eigenvalue weighted by Crippen LogP contribution is -2.22. The zero-order valence-electron chi connectivity index (χ0n) is 5.60. The predicted octanol–water partition coefficient (Wildman–Crippen LogP) is 1.69. The summed E-state index contributed by atoms with van der Waals surface area (Å²) in [5.74, 6) is -0.841. The van der Waals surface area contributed by atoms with Gasteiger partial charge < -0.3 is 0 Å². The first-order chi connectivity index (χ1) is 5.41. The fourth-order valence-corrected chi connectivity index (χ4v) is 0.753. The molecular weight excluding hydrogens is 195 g/mol. The van der Waals surface area contributed by atoms with Gasteiger partial charge in [-0.3, -0.25) is 9.79 Å². The molecule has 0 spiro atoms. The molecule has 0 N–H and O–H groups in total. The van der Waals surface area contributed by atoms with Crippen molar-refractivity contribution in [3.63, 3.8) is 0 Å². The van der Waals surface area contributed by atoms with Crippen LogP contribution in [0.1, 0.15) is 0 Å². The summed E-state index contributed by atoms with van der Waals surface area (Å²) in [7, 11) is 0. The SMILES string of the molecule is O=C1C=C(C(F)(F)F)C=NC1Cl. The van der Waals surface area contributed by atoms with Crippen LogP contribution in [0, 0.1) is 0 Å². The molecule has 1 rings (SSSR count). The molecule has 0 radical (unpaired) electrons. The highest BCUT2D eigenvalue weighted by molar-refractivity contribution is 6.34. The van der Waals surface area contributed by atoms with Gasteiger partial charge in [0.15, 0.2) is 11.3 Å². The highest BCUT2D eigenvalue weighted by atomic mass is 35.5. The Labute approximate surface area is 70.7 Å². The monoisotopic (exact) mass is 197 g/mol. The maximum absolute atomic E-state index is 11.9. The maximum Gasteiger partial charge on any atom is 0.418 e. The molecule has 0 aromatic rings. The van der Waals surface area contributed by atoms with E-state index in [0.717, 1.165) is 0 Å². The number of aliphatic imine (C=N–C) groups is 1. The molecule has 1 heterocycles. The van der Waals surface area contributed by atoms with Crippen molar-refractivity contribution < 1.29 is 18.0 Å². The quantitative estimate of drug-likeness (QED) is 0.429. The summed E-state index contributed by atoms with van der Waals surface area (Å²) in [5.41, 5.74) is -2.28. The summed E-state index contributed by atoms with van der Waals surface area (Å²) in [6.07, 6.45) is -3.53. The number of dihydropyridines is 1. The van der Waals surface area contributed by atoms with Crippen LogP contribution in [0.5, 0.6) is 0 Å². The Morgan fingerprint density at radius 3 is 2.50 bits per heavy atom. The molecule has 0 aliphatic carbocycles. The molecule has 1 atom stereocenters. The third-order valence-electron chi connectivity index (χ3n) is 1.20. The normalized spacial score (nSPS) is 24.2. The van der Waals surface area contributed by atoms with Gasteiger partial charge in [0, 0.05) is 6.21 Å². The van der Waals surface area contributed by atoms with Crippen LogP contribution in [0.4, 0.5) is 13.2 Å². The molecule has 0 aromatic carbocycles. The molecule has 0 amide bonds. The van der Waals surface area contributed by atoms with E-state index >= 15 is 0 Å². The van der Waals surface area contributed by atoms with Gasteiger partial charge in [0.25, 0.3) is 0 Å². The van der Waals surface area contributed by atoms with Crippen LogP contribution in [-0.4, -0.2) is 23.7 Å². The van der Waals surface area contributed by atoms with Crippen LogP contribution < -0.4 is 0 Å². The fourth-order valence-electron chi connectivity index (χ4n) is 0.634. The minimum absolute atomic E-state index is 0.449. The van der Waals surface area contributed by atoms with Gasteiger partial charge in [-0.05, 0) is 6.08 Å². The molecular formula is C6H3ClF3NO. The van der Waals surface area contributed by atoms with Gasteiger partial charge in [-0.25, -0.2) is 0 Å². The summed E-state index contributed by atoms with van der Waals surface area (Å²) in [4.78, 5) is 13.8. The van der Waals surface area contributed by atoms with E-state index in [9.17, 15) is 18.0 Å². The second-order valence-corrected chi connectivity index (χ2v) is 2.53. The molecule has 0 aromatic heterocycles. The summed E-state index contributed by atoms with van der Waals surface area (Å²) in [5, 5.41) is 0. The van der Waals surface area contributed by atoms with Gasteiger partial charge in [-0.1, -0.05) is 11.6 Å². The maximum atomic E-state index is 11.9. The van der Waals surface area contributed by atoms with E-state index in [4.69, 9.17) is 11.6 Å². The summed E-state index contributed by atoms with van der Waals surface area (Å²) in [6, 6.07) is 0. The largest absolute Gasteiger partial charge is 0.418 e. The Kier molecular flexibility index (Phi) is 2.23. The zero-order valence-corrected chi connectivity index (χ0v) is 6.36. The van der Waals surface area contributed by atoms with Gasteiger partial charge >= 0.3 is 6.18 Å². The molecule has 0 fully saturated rings. The van der Waals surface area contributed by atoms with Gasteiger partial charge in [0.2, 0.25) is 0 Å². The molecule has 1 unspecified atom stereocenters. The molecule has 66 valence electrons. The van der Waals surface area contributed by atoms with Crippen molar-refractivity contribution in [1.29, 1.82) is 0 Å². The molecule has 1 aliphatic rings. The van der Waals surface area contributed by atoms with Gasteiger partial charge in [-0.2, -0.15) is 13.2 Å². The van der Waals surface area contributed by atoms with Crippen molar-refractivity contribution in [2.45, 2.75) is 11.7 Å². The lowest BCUT2D eigenvalue weighted by Gasteiger charge is -2.11. The average Bonchev–Trinajstić information content (AvgIpc) is 1.92. The van der Waals surface area contributed by atoms with Gasteiger partial charge in [0.1, 0.15) is 0 Å². The highest BCUT2D eigenvalue weighted by Gasteiger charge is 2.35. The number of allylic oxidation sites excluding steroid dienone is 1. The van der Waals surface area contributed by atoms with E-state index in [2.05, 4.69) is 4.99 Å². The Hall–Kier alpha value is -0.840. The van der Waals surface area contributed by atoms with Crippen molar-refractivity contribution in [3.8, 4) is 0 Å². The van der Waals surface area contributed by atoms with Crippen LogP contribution in [-0.2, 0) is 4.79 Å². The second kappa shape index (κ2) is 2.90. The van der Waals surface area contributed by atoms with E-state index < -0.39 is 23.0 Å². The number of alkyl halides is 4. The Morgan fingerprint density at radius 2 is 2.08 bits per heavy atom. The summed E-state index contributed by atoms with van der Waals surface area (Å²) < 4.78 is 35.7. The van der Waals surface area contributed by atoms with E-state index in [1.807, 2.05) is 0 Å². The summed E-state index contributed by atoms with van der Waals surface area (Å²) >= 11 is 5.22. The molecule has 2 nitrogen and oxygen atoms in total. The zero-order chi connectivity index (χ0) is 9.35. The van der Waals surface area contributed by atoms with E-state index in [1.54, 1.807) is 0 Å². The van der Waals surface area contributed by atoms with E-state index in [1.165, 1.54) is 0 Å². The Morgan fingerprint density at radius 1 is 1.50 bits per heavy atom. The Balaban J connectivity index is 2.91. The van der Waals surface area contributed by atoms with Crippen molar-refractivity contribution >= 4 is 23.6 Å². The third-order valence-corrected chi connectivity index (χ3v) is 1.53. The number of halogens is 4. The van der Waals surface area contributed by atoms with Crippen LogP contribution >= 0.6 is 11.6 Å². The first-order valence-corrected chi connectivity index (χ1v) is 3.35. The average molecular weight is 198 g/mol. The standard InChI is InChI=1S/C6H3ClF3NO/c7-5-4(12)1-3(2-11-5)6(8,9)10/h1-2,5H. The fraction of sp³-hybridized carbons (Fsp3) is 0.333. The number of hydrogen-bond acceptors (Lipinski definition) is 2. The van der Waals surface area contributed by atoms with Crippen LogP contribution in [0.3, 0.4) is 0 Å². The topological polar surface area (TPSA) is 29.4 Å². The van der Waals surface area contributed by atoms with Crippen LogP contribution in [0.2, 0.25) is 0 Å². The molecule has 0 saturated carbocycles. The van der Waals surface area contributed by atoms with Crippen molar-refractivity contribution in [2.75, 3.05) is 0 Å². The van der Waals surface area contributed by atoms with E-state index in [-0.39, 0.29) is 0 Å². The predicted molar refractivity (Wildman–Crippen MR) is 37.3 cm³/mol. The van der Waals surface area contributed by atoms with Gasteiger partial charge in [0.05, 0.1) is 5.57 Å².